The van der Waals surface area contributed by atoms with Gasteiger partial charge in [-0.15, -0.1) is 11.3 Å². The van der Waals surface area contributed by atoms with Crippen LogP contribution < -0.4 is 10.4 Å². The summed E-state index contributed by atoms with van der Waals surface area (Å²) in [5, 5.41) is 6.57. The number of hydrogen-bond donors (Lipinski definition) is 0. The summed E-state index contributed by atoms with van der Waals surface area (Å²) < 4.78 is 16.2. The number of para-hydroxylation sites is 1. The van der Waals surface area contributed by atoms with E-state index in [1.165, 1.54) is 11.3 Å². The van der Waals surface area contributed by atoms with Crippen LogP contribution in [0, 0.1) is 0 Å². The van der Waals surface area contributed by atoms with Crippen LogP contribution in [0.25, 0.3) is 33.1 Å². The lowest BCUT2D eigenvalue weighted by molar-refractivity contribution is 0.337. The van der Waals surface area contributed by atoms with E-state index in [1.807, 2.05) is 36.6 Å². The van der Waals surface area contributed by atoms with Gasteiger partial charge in [0.2, 0.25) is 5.82 Å². The van der Waals surface area contributed by atoms with Crippen molar-refractivity contribution in [3.63, 3.8) is 0 Å². The molecule has 0 unspecified atom stereocenters. The maximum atomic E-state index is 12.3. The van der Waals surface area contributed by atoms with Gasteiger partial charge in [-0.3, -0.25) is 0 Å². The van der Waals surface area contributed by atoms with E-state index in [4.69, 9.17) is 13.7 Å². The summed E-state index contributed by atoms with van der Waals surface area (Å²) in [7, 11) is 0. The highest BCUT2D eigenvalue weighted by Gasteiger charge is 2.17. The van der Waals surface area contributed by atoms with Gasteiger partial charge in [0.1, 0.15) is 5.56 Å². The van der Waals surface area contributed by atoms with Crippen LogP contribution >= 0.6 is 11.3 Å². The zero-order valence-electron chi connectivity index (χ0n) is 12.7. The molecule has 4 rings (SSSR count). The van der Waals surface area contributed by atoms with E-state index < -0.39 is 5.63 Å². The van der Waals surface area contributed by atoms with Gasteiger partial charge in [-0.1, -0.05) is 23.4 Å². The van der Waals surface area contributed by atoms with Gasteiger partial charge in [-0.2, -0.15) is 4.98 Å². The van der Waals surface area contributed by atoms with Gasteiger partial charge >= 0.3 is 5.63 Å². The highest BCUT2D eigenvalue weighted by atomic mass is 32.1. The Morgan fingerprint density at radius 1 is 1.25 bits per heavy atom. The summed E-state index contributed by atoms with van der Waals surface area (Å²) >= 11 is 1.50. The minimum atomic E-state index is -0.545. The fraction of sp³-hybridized carbons (Fsp3) is 0.118. The van der Waals surface area contributed by atoms with Gasteiger partial charge in [-0.25, -0.2) is 4.79 Å². The third-order valence-electron chi connectivity index (χ3n) is 3.42. The molecule has 0 aliphatic rings. The third kappa shape index (κ3) is 2.48. The molecule has 7 heteroatoms. The molecule has 24 heavy (non-hydrogen) atoms. The van der Waals surface area contributed by atoms with Crippen molar-refractivity contribution < 1.29 is 13.7 Å². The van der Waals surface area contributed by atoms with Crippen LogP contribution in [0.3, 0.4) is 0 Å². The molecule has 1 aromatic carbocycles. The van der Waals surface area contributed by atoms with E-state index in [2.05, 4.69) is 10.1 Å². The van der Waals surface area contributed by atoms with Crippen molar-refractivity contribution in [2.24, 2.45) is 0 Å². The number of ether oxygens (including phenoxy) is 1. The molecule has 0 atom stereocenters. The molecule has 0 amide bonds. The largest absolute Gasteiger partial charge is 0.490 e. The molecule has 0 saturated heterocycles. The second kappa shape index (κ2) is 5.93. The predicted octanol–water partition coefficient (Wildman–Crippen LogP) is 3.97. The number of hydrogen-bond acceptors (Lipinski definition) is 7. The Bertz CT molecular complexity index is 1050. The lowest BCUT2D eigenvalue weighted by Gasteiger charge is -2.05. The van der Waals surface area contributed by atoms with E-state index >= 15 is 0 Å². The Balaban J connectivity index is 1.83. The van der Waals surface area contributed by atoms with Crippen LogP contribution in [-0.2, 0) is 0 Å². The first-order chi connectivity index (χ1) is 11.8. The summed E-state index contributed by atoms with van der Waals surface area (Å²) in [5.41, 5.74) is 0.0913. The third-order valence-corrected chi connectivity index (χ3v) is 4.29. The van der Waals surface area contributed by atoms with Crippen LogP contribution in [-0.4, -0.2) is 16.7 Å². The summed E-state index contributed by atoms with van der Waals surface area (Å²) in [4.78, 5) is 17.5. The van der Waals surface area contributed by atoms with Crippen molar-refractivity contribution in [1.82, 2.24) is 10.1 Å². The lowest BCUT2D eigenvalue weighted by atomic mass is 10.1. The Hall–Kier alpha value is -2.93. The molecular weight excluding hydrogens is 328 g/mol. The van der Waals surface area contributed by atoms with Crippen LogP contribution in [0.1, 0.15) is 6.92 Å². The molecule has 0 aliphatic carbocycles. The van der Waals surface area contributed by atoms with Crippen molar-refractivity contribution in [3.05, 3.63) is 52.2 Å². The molecule has 0 aliphatic heterocycles. The summed E-state index contributed by atoms with van der Waals surface area (Å²) in [6.45, 7) is 2.36. The normalized spacial score (nSPS) is 11.0. The minimum Gasteiger partial charge on any atom is -0.490 e. The van der Waals surface area contributed by atoms with E-state index in [9.17, 15) is 4.79 Å². The molecule has 0 bridgehead atoms. The molecule has 0 spiro atoms. The number of nitrogens with zero attached hydrogens (tertiary/aromatic N) is 2. The van der Waals surface area contributed by atoms with Crippen LogP contribution in [0.4, 0.5) is 0 Å². The van der Waals surface area contributed by atoms with Crippen molar-refractivity contribution in [2.75, 3.05) is 6.61 Å². The van der Waals surface area contributed by atoms with Gasteiger partial charge < -0.3 is 13.7 Å². The highest BCUT2D eigenvalue weighted by molar-refractivity contribution is 7.13. The quantitative estimate of drug-likeness (QED) is 0.523. The van der Waals surface area contributed by atoms with Crippen molar-refractivity contribution in [3.8, 4) is 27.9 Å². The van der Waals surface area contributed by atoms with Crippen molar-refractivity contribution in [1.29, 1.82) is 0 Å². The molecule has 120 valence electrons. The molecule has 6 nitrogen and oxygen atoms in total. The van der Waals surface area contributed by atoms with Crippen LogP contribution in [0.15, 0.2) is 55.5 Å². The first-order valence-electron chi connectivity index (χ1n) is 7.34. The number of fused-ring (bicyclic) bond motifs is 1. The van der Waals surface area contributed by atoms with Crippen LogP contribution in [0.2, 0.25) is 0 Å². The van der Waals surface area contributed by atoms with E-state index in [-0.39, 0.29) is 11.5 Å². The molecule has 4 aromatic rings. The fourth-order valence-corrected chi connectivity index (χ4v) is 3.02. The zero-order chi connectivity index (χ0) is 16.5. The smallest absolute Gasteiger partial charge is 0.349 e. The molecule has 0 fully saturated rings. The summed E-state index contributed by atoms with van der Waals surface area (Å²) in [5.74, 6) is 1.11. The fourth-order valence-electron chi connectivity index (χ4n) is 2.37. The summed E-state index contributed by atoms with van der Waals surface area (Å²) in [6.07, 6.45) is 0. The number of rotatable bonds is 4. The van der Waals surface area contributed by atoms with E-state index in [0.717, 1.165) is 10.3 Å². The monoisotopic (exact) mass is 340 g/mol. The number of benzene rings is 1. The zero-order valence-corrected chi connectivity index (χ0v) is 13.5. The number of thiophene rings is 1. The second-order valence-corrected chi connectivity index (χ2v) is 5.90. The Morgan fingerprint density at radius 3 is 2.96 bits per heavy atom. The van der Waals surface area contributed by atoms with Gasteiger partial charge in [0.25, 0.3) is 5.89 Å². The summed E-state index contributed by atoms with van der Waals surface area (Å²) in [6, 6.07) is 10.9. The second-order valence-electron chi connectivity index (χ2n) is 4.96. The topological polar surface area (TPSA) is 78.4 Å². The van der Waals surface area contributed by atoms with Gasteiger partial charge in [0.15, 0.2) is 11.3 Å². The first kappa shape index (κ1) is 14.6. The Morgan fingerprint density at radius 2 is 2.17 bits per heavy atom. The lowest BCUT2D eigenvalue weighted by Crippen LogP contribution is -2.04. The van der Waals surface area contributed by atoms with E-state index in [0.29, 0.717) is 23.8 Å². The average molecular weight is 340 g/mol. The Kier molecular flexibility index (Phi) is 3.62. The van der Waals surface area contributed by atoms with E-state index in [1.54, 1.807) is 12.1 Å². The maximum Gasteiger partial charge on any atom is 0.349 e. The van der Waals surface area contributed by atoms with Crippen LogP contribution in [0.5, 0.6) is 5.75 Å². The predicted molar refractivity (Wildman–Crippen MR) is 90.3 cm³/mol. The standard InChI is InChI=1S/C17H12N2O4S/c1-2-21-12-6-3-5-10-9-11(17(20)22-14(10)12)16-18-15(19-23-16)13-7-4-8-24-13/h3-9H,2H2,1H3. The Labute approximate surface area is 140 Å². The molecule has 3 heterocycles. The maximum absolute atomic E-state index is 12.3. The van der Waals surface area contributed by atoms with Crippen molar-refractivity contribution in [2.45, 2.75) is 6.92 Å². The molecular formula is C17H12N2O4S. The first-order valence-corrected chi connectivity index (χ1v) is 8.22. The molecule has 0 saturated carbocycles. The SMILES string of the molecule is CCOc1cccc2cc(-c3nc(-c4cccs4)no3)c(=O)oc12. The van der Waals surface area contributed by atoms with Crippen molar-refractivity contribution >= 4 is 22.3 Å². The molecule has 0 N–H and O–H groups in total. The average Bonchev–Trinajstić information content (AvgIpc) is 3.26. The van der Waals surface area contributed by atoms with Gasteiger partial charge in [0.05, 0.1) is 11.5 Å². The number of aromatic nitrogens is 2. The minimum absolute atomic E-state index is 0.135. The molecule has 3 aromatic heterocycles. The van der Waals surface area contributed by atoms with Gasteiger partial charge in [0, 0.05) is 5.39 Å². The molecule has 0 radical (unpaired) electrons. The van der Waals surface area contributed by atoms with Gasteiger partial charge in [-0.05, 0) is 30.5 Å². The highest BCUT2D eigenvalue weighted by Crippen LogP contribution is 2.28.